The Hall–Kier alpha value is -1.09. The predicted octanol–water partition coefficient (Wildman–Crippen LogP) is 3.32. The molecular formula is C11H10BrNO. The lowest BCUT2D eigenvalue weighted by Gasteiger charge is -2.06. The lowest BCUT2D eigenvalue weighted by Crippen LogP contribution is -1.88. The van der Waals surface area contributed by atoms with Crippen molar-refractivity contribution in [1.29, 1.82) is 0 Å². The van der Waals surface area contributed by atoms with Gasteiger partial charge in [0.25, 0.3) is 0 Å². The van der Waals surface area contributed by atoms with Gasteiger partial charge in [-0.2, -0.15) is 0 Å². The van der Waals surface area contributed by atoms with Gasteiger partial charge in [-0.3, -0.25) is 4.98 Å². The summed E-state index contributed by atoms with van der Waals surface area (Å²) in [7, 11) is 0. The van der Waals surface area contributed by atoms with Crippen LogP contribution >= 0.6 is 15.9 Å². The van der Waals surface area contributed by atoms with E-state index in [0.717, 1.165) is 26.6 Å². The molecule has 0 saturated heterocycles. The number of fused-ring (bicyclic) bond motifs is 1. The average molecular weight is 252 g/mol. The Labute approximate surface area is 90.7 Å². The third-order valence-corrected chi connectivity index (χ3v) is 2.87. The number of nitrogens with zero attached hydrogens (tertiary/aromatic N) is 1. The van der Waals surface area contributed by atoms with Crippen molar-refractivity contribution in [2.45, 2.75) is 13.8 Å². The number of aromatic hydroxyl groups is 1. The largest absolute Gasteiger partial charge is 0.507 e. The first-order valence-corrected chi connectivity index (χ1v) is 5.14. The number of aryl methyl sites for hydroxylation is 2. The number of hydrogen-bond donors (Lipinski definition) is 1. The van der Waals surface area contributed by atoms with E-state index in [9.17, 15) is 5.11 Å². The van der Waals surface area contributed by atoms with Gasteiger partial charge in [-0.05, 0) is 41.4 Å². The Morgan fingerprint density at radius 2 is 2.00 bits per heavy atom. The van der Waals surface area contributed by atoms with Crippen LogP contribution in [0.2, 0.25) is 0 Å². The van der Waals surface area contributed by atoms with Crippen LogP contribution < -0.4 is 0 Å². The Balaban J connectivity index is 3.00. The van der Waals surface area contributed by atoms with Crippen LogP contribution in [-0.4, -0.2) is 10.1 Å². The summed E-state index contributed by atoms with van der Waals surface area (Å²) in [5.41, 5.74) is 2.68. The van der Waals surface area contributed by atoms with E-state index in [-0.39, 0.29) is 0 Å². The second-order valence-corrected chi connectivity index (χ2v) is 4.22. The molecule has 3 heteroatoms. The number of aromatic nitrogens is 1. The minimum absolute atomic E-state index is 0.298. The third kappa shape index (κ3) is 1.38. The third-order valence-electron chi connectivity index (χ3n) is 2.23. The summed E-state index contributed by atoms with van der Waals surface area (Å²) in [5, 5.41) is 10.6. The van der Waals surface area contributed by atoms with Crippen molar-refractivity contribution >= 4 is 26.8 Å². The molecule has 0 fully saturated rings. The van der Waals surface area contributed by atoms with E-state index in [1.165, 1.54) is 0 Å². The van der Waals surface area contributed by atoms with Gasteiger partial charge in [-0.1, -0.05) is 6.07 Å². The summed E-state index contributed by atoms with van der Waals surface area (Å²) < 4.78 is 0.914. The number of halogens is 1. The normalized spacial score (nSPS) is 10.8. The smallest absolute Gasteiger partial charge is 0.127 e. The van der Waals surface area contributed by atoms with Crippen molar-refractivity contribution in [2.24, 2.45) is 0 Å². The molecule has 2 rings (SSSR count). The van der Waals surface area contributed by atoms with E-state index in [4.69, 9.17) is 0 Å². The maximum absolute atomic E-state index is 9.80. The molecular weight excluding hydrogens is 242 g/mol. The van der Waals surface area contributed by atoms with Gasteiger partial charge in [0, 0.05) is 21.6 Å². The minimum Gasteiger partial charge on any atom is -0.507 e. The van der Waals surface area contributed by atoms with Crippen molar-refractivity contribution in [2.75, 3.05) is 0 Å². The van der Waals surface area contributed by atoms with Crippen LogP contribution in [0, 0.1) is 13.8 Å². The summed E-state index contributed by atoms with van der Waals surface area (Å²) in [6.45, 7) is 3.83. The van der Waals surface area contributed by atoms with E-state index < -0.39 is 0 Å². The molecule has 72 valence electrons. The van der Waals surface area contributed by atoms with E-state index in [1.54, 1.807) is 6.07 Å². The highest BCUT2D eigenvalue weighted by molar-refractivity contribution is 9.10. The Bertz CT molecular complexity index is 508. The van der Waals surface area contributed by atoms with Gasteiger partial charge in [0.05, 0.1) is 5.52 Å². The molecule has 0 saturated carbocycles. The molecule has 0 aliphatic carbocycles. The molecule has 2 aromatic rings. The maximum Gasteiger partial charge on any atom is 0.127 e. The molecule has 0 aliphatic heterocycles. The highest BCUT2D eigenvalue weighted by Gasteiger charge is 2.08. The fraction of sp³-hybridized carbons (Fsp3) is 0.182. The Morgan fingerprint density at radius 3 is 2.71 bits per heavy atom. The average Bonchev–Trinajstić information content (AvgIpc) is 2.10. The van der Waals surface area contributed by atoms with E-state index in [2.05, 4.69) is 20.9 Å². The van der Waals surface area contributed by atoms with Crippen LogP contribution in [0.5, 0.6) is 5.75 Å². The highest BCUT2D eigenvalue weighted by Crippen LogP contribution is 2.31. The van der Waals surface area contributed by atoms with Crippen molar-refractivity contribution in [3.8, 4) is 5.75 Å². The molecule has 0 unspecified atom stereocenters. The molecule has 1 N–H and O–H groups in total. The molecule has 1 aromatic carbocycles. The number of rotatable bonds is 0. The van der Waals surface area contributed by atoms with Crippen LogP contribution in [0.15, 0.2) is 22.7 Å². The van der Waals surface area contributed by atoms with Gasteiger partial charge in [0.1, 0.15) is 5.75 Å². The zero-order valence-corrected chi connectivity index (χ0v) is 9.59. The van der Waals surface area contributed by atoms with Crippen LogP contribution in [0.4, 0.5) is 0 Å². The highest BCUT2D eigenvalue weighted by atomic mass is 79.9. The quantitative estimate of drug-likeness (QED) is 0.780. The number of hydrogen-bond acceptors (Lipinski definition) is 2. The van der Waals surface area contributed by atoms with Crippen molar-refractivity contribution < 1.29 is 5.11 Å². The minimum atomic E-state index is 0.298. The summed E-state index contributed by atoms with van der Waals surface area (Å²) in [6.07, 6.45) is 0. The van der Waals surface area contributed by atoms with E-state index >= 15 is 0 Å². The molecule has 0 spiro atoms. The fourth-order valence-corrected chi connectivity index (χ4v) is 2.00. The number of benzene rings is 1. The van der Waals surface area contributed by atoms with Gasteiger partial charge in [0.15, 0.2) is 0 Å². The molecule has 2 nitrogen and oxygen atoms in total. The molecule has 0 radical (unpaired) electrons. The predicted molar refractivity (Wildman–Crippen MR) is 60.6 cm³/mol. The lowest BCUT2D eigenvalue weighted by atomic mass is 10.1. The molecule has 0 atom stereocenters. The molecule has 0 aliphatic rings. The van der Waals surface area contributed by atoms with Crippen molar-refractivity contribution in [1.82, 2.24) is 4.98 Å². The van der Waals surface area contributed by atoms with E-state index in [0.29, 0.717) is 5.75 Å². The molecule has 0 amide bonds. The van der Waals surface area contributed by atoms with Gasteiger partial charge in [-0.25, -0.2) is 0 Å². The Morgan fingerprint density at radius 1 is 1.29 bits per heavy atom. The SMILES string of the molecule is Cc1cc(O)c2c(C)ccc(Br)c2n1. The molecule has 0 bridgehead atoms. The van der Waals surface area contributed by atoms with Crippen LogP contribution in [0.3, 0.4) is 0 Å². The zero-order valence-electron chi connectivity index (χ0n) is 8.00. The lowest BCUT2D eigenvalue weighted by molar-refractivity contribution is 0.480. The first kappa shape index (κ1) is 9.46. The van der Waals surface area contributed by atoms with Gasteiger partial charge >= 0.3 is 0 Å². The van der Waals surface area contributed by atoms with Gasteiger partial charge in [0.2, 0.25) is 0 Å². The van der Waals surface area contributed by atoms with Crippen molar-refractivity contribution in [3.63, 3.8) is 0 Å². The summed E-state index contributed by atoms with van der Waals surface area (Å²) in [4.78, 5) is 4.39. The summed E-state index contributed by atoms with van der Waals surface area (Å²) >= 11 is 3.43. The maximum atomic E-state index is 9.80. The number of pyridine rings is 1. The topological polar surface area (TPSA) is 33.1 Å². The standard InChI is InChI=1S/C11H10BrNO/c1-6-3-4-8(12)11-10(6)9(14)5-7(2)13-11/h3-5H,1-2H3,(H,13,14). The molecule has 14 heavy (non-hydrogen) atoms. The zero-order chi connectivity index (χ0) is 10.3. The van der Waals surface area contributed by atoms with Crippen molar-refractivity contribution in [3.05, 3.63) is 33.9 Å². The first-order chi connectivity index (χ1) is 6.59. The van der Waals surface area contributed by atoms with Crippen LogP contribution in [0.25, 0.3) is 10.9 Å². The van der Waals surface area contributed by atoms with Crippen LogP contribution in [0.1, 0.15) is 11.3 Å². The summed E-state index contributed by atoms with van der Waals surface area (Å²) in [6, 6.07) is 5.59. The van der Waals surface area contributed by atoms with Gasteiger partial charge in [-0.15, -0.1) is 0 Å². The molecule has 1 aromatic heterocycles. The van der Waals surface area contributed by atoms with E-state index in [1.807, 2.05) is 26.0 Å². The Kier molecular flexibility index (Phi) is 2.19. The second-order valence-electron chi connectivity index (χ2n) is 3.37. The first-order valence-electron chi connectivity index (χ1n) is 4.35. The molecule has 1 heterocycles. The van der Waals surface area contributed by atoms with Gasteiger partial charge < -0.3 is 5.11 Å². The second kappa shape index (κ2) is 3.24. The fourth-order valence-electron chi connectivity index (χ4n) is 1.58. The van der Waals surface area contributed by atoms with Crippen LogP contribution in [-0.2, 0) is 0 Å². The summed E-state index contributed by atoms with van der Waals surface area (Å²) in [5.74, 6) is 0.298. The monoisotopic (exact) mass is 251 g/mol.